The van der Waals surface area contributed by atoms with Gasteiger partial charge in [0, 0.05) is 17.8 Å². The standard InChI is InChI=1S/C24H31N5O2/c1-15(25-17(3)22(30)20-8-6-5-7-9-20)14-19-10-12-21(13-11-19)27-24(31)16(2)23-26-18(4)28-29-23/h5-13,15-17,22,25,30H,14H2,1-4H3,(H,27,31)(H,26,28,29)/t15-,16?,17+,22-/m0/s1. The molecule has 7 nitrogen and oxygen atoms in total. The molecule has 1 amide bonds. The van der Waals surface area contributed by atoms with E-state index in [0.29, 0.717) is 11.6 Å². The maximum absolute atomic E-state index is 12.5. The lowest BCUT2D eigenvalue weighted by Crippen LogP contribution is -2.39. The first kappa shape index (κ1) is 22.7. The highest BCUT2D eigenvalue weighted by molar-refractivity contribution is 5.95. The molecule has 0 saturated carbocycles. The molecule has 7 heteroatoms. The van der Waals surface area contributed by atoms with Gasteiger partial charge in [0.1, 0.15) is 11.6 Å². The van der Waals surface area contributed by atoms with Gasteiger partial charge >= 0.3 is 0 Å². The van der Waals surface area contributed by atoms with Gasteiger partial charge in [0.25, 0.3) is 0 Å². The van der Waals surface area contributed by atoms with Crippen LogP contribution in [0.2, 0.25) is 0 Å². The van der Waals surface area contributed by atoms with Crippen LogP contribution >= 0.6 is 0 Å². The van der Waals surface area contributed by atoms with Crippen LogP contribution in [0.5, 0.6) is 0 Å². The van der Waals surface area contributed by atoms with E-state index in [-0.39, 0.29) is 18.0 Å². The van der Waals surface area contributed by atoms with Crippen molar-refractivity contribution >= 4 is 11.6 Å². The molecule has 0 aliphatic heterocycles. The number of hydrogen-bond donors (Lipinski definition) is 4. The van der Waals surface area contributed by atoms with Gasteiger partial charge in [-0.3, -0.25) is 4.79 Å². The Labute approximate surface area is 183 Å². The second-order valence-electron chi connectivity index (χ2n) is 8.12. The predicted octanol–water partition coefficient (Wildman–Crippen LogP) is 3.50. The van der Waals surface area contributed by atoms with Crippen LogP contribution in [0.3, 0.4) is 0 Å². The Hall–Kier alpha value is -3.03. The zero-order valence-electron chi connectivity index (χ0n) is 18.5. The molecule has 1 aromatic heterocycles. The molecule has 3 aromatic rings. The molecule has 0 aliphatic rings. The fraction of sp³-hybridized carbons (Fsp3) is 0.375. The molecule has 31 heavy (non-hydrogen) atoms. The number of amides is 1. The van der Waals surface area contributed by atoms with E-state index in [2.05, 4.69) is 32.7 Å². The minimum Gasteiger partial charge on any atom is -0.387 e. The monoisotopic (exact) mass is 421 g/mol. The first-order chi connectivity index (χ1) is 14.8. The van der Waals surface area contributed by atoms with Crippen LogP contribution in [0.15, 0.2) is 54.6 Å². The fourth-order valence-corrected chi connectivity index (χ4v) is 3.55. The van der Waals surface area contributed by atoms with Gasteiger partial charge in [0.2, 0.25) is 5.91 Å². The zero-order valence-corrected chi connectivity index (χ0v) is 18.5. The number of carbonyl (C=O) groups excluding carboxylic acids is 1. The average Bonchev–Trinajstić information content (AvgIpc) is 3.20. The van der Waals surface area contributed by atoms with Gasteiger partial charge in [-0.2, -0.15) is 0 Å². The van der Waals surface area contributed by atoms with E-state index >= 15 is 0 Å². The molecule has 0 fully saturated rings. The van der Waals surface area contributed by atoms with E-state index < -0.39 is 12.0 Å². The number of aromatic amines is 1. The first-order valence-corrected chi connectivity index (χ1v) is 10.6. The SMILES string of the molecule is Cc1nnc(C(C)C(=O)Nc2ccc(C[C@H](C)N[C@H](C)[C@H](O)c3ccccc3)cc2)[nH]1. The van der Waals surface area contributed by atoms with E-state index in [9.17, 15) is 9.90 Å². The molecule has 0 aliphatic carbocycles. The number of carbonyl (C=O) groups is 1. The molecule has 164 valence electrons. The minimum atomic E-state index is -0.559. The summed E-state index contributed by atoms with van der Waals surface area (Å²) in [4.78, 5) is 15.5. The van der Waals surface area contributed by atoms with Crippen molar-refractivity contribution in [2.24, 2.45) is 0 Å². The summed E-state index contributed by atoms with van der Waals surface area (Å²) in [7, 11) is 0. The minimum absolute atomic E-state index is 0.0721. The molecule has 0 saturated heterocycles. The maximum atomic E-state index is 12.5. The number of nitrogens with zero attached hydrogens (tertiary/aromatic N) is 2. The Bertz CT molecular complexity index is 971. The molecular formula is C24H31N5O2. The van der Waals surface area contributed by atoms with Crippen LogP contribution < -0.4 is 10.6 Å². The molecule has 1 unspecified atom stereocenters. The summed E-state index contributed by atoms with van der Waals surface area (Å²) < 4.78 is 0. The number of H-pyrrole nitrogens is 1. The first-order valence-electron chi connectivity index (χ1n) is 10.6. The van der Waals surface area contributed by atoms with Crippen LogP contribution in [-0.2, 0) is 11.2 Å². The molecule has 0 spiro atoms. The third-order valence-corrected chi connectivity index (χ3v) is 5.35. The Morgan fingerprint density at radius 2 is 1.71 bits per heavy atom. The van der Waals surface area contributed by atoms with Crippen LogP contribution in [0.1, 0.15) is 55.6 Å². The Morgan fingerprint density at radius 3 is 2.32 bits per heavy atom. The molecular weight excluding hydrogens is 390 g/mol. The number of anilines is 1. The second-order valence-corrected chi connectivity index (χ2v) is 8.12. The van der Waals surface area contributed by atoms with Crippen LogP contribution in [0.25, 0.3) is 0 Å². The quantitative estimate of drug-likeness (QED) is 0.423. The smallest absolute Gasteiger partial charge is 0.234 e. The lowest BCUT2D eigenvalue weighted by Gasteiger charge is -2.25. The zero-order chi connectivity index (χ0) is 22.4. The van der Waals surface area contributed by atoms with Crippen molar-refractivity contribution in [1.29, 1.82) is 0 Å². The van der Waals surface area contributed by atoms with Gasteiger partial charge in [-0.25, -0.2) is 0 Å². The highest BCUT2D eigenvalue weighted by Crippen LogP contribution is 2.18. The normalized spacial score (nSPS) is 15.1. The molecule has 1 heterocycles. The number of aliphatic hydroxyl groups excluding tert-OH is 1. The van der Waals surface area contributed by atoms with Crippen molar-refractivity contribution in [2.75, 3.05) is 5.32 Å². The molecule has 3 rings (SSSR count). The molecule has 0 bridgehead atoms. The van der Waals surface area contributed by atoms with E-state index in [0.717, 1.165) is 23.2 Å². The lowest BCUT2D eigenvalue weighted by atomic mass is 10.0. The summed E-state index contributed by atoms with van der Waals surface area (Å²) in [5, 5.41) is 24.8. The number of aromatic nitrogens is 3. The highest BCUT2D eigenvalue weighted by Gasteiger charge is 2.20. The molecule has 4 N–H and O–H groups in total. The van der Waals surface area contributed by atoms with Gasteiger partial charge < -0.3 is 20.7 Å². The fourth-order valence-electron chi connectivity index (χ4n) is 3.55. The van der Waals surface area contributed by atoms with Gasteiger partial charge in [0.05, 0.1) is 12.0 Å². The average molecular weight is 422 g/mol. The van der Waals surface area contributed by atoms with Crippen LogP contribution in [-0.4, -0.2) is 38.3 Å². The van der Waals surface area contributed by atoms with E-state index in [1.807, 2.05) is 61.5 Å². The van der Waals surface area contributed by atoms with Crippen molar-refractivity contribution in [1.82, 2.24) is 20.5 Å². The van der Waals surface area contributed by atoms with E-state index in [1.165, 1.54) is 0 Å². The van der Waals surface area contributed by atoms with Crippen LogP contribution in [0, 0.1) is 6.92 Å². The molecule has 4 atom stereocenters. The van der Waals surface area contributed by atoms with Crippen LogP contribution in [0.4, 0.5) is 5.69 Å². The molecule has 0 radical (unpaired) electrons. The topological polar surface area (TPSA) is 103 Å². The second kappa shape index (κ2) is 10.3. The van der Waals surface area contributed by atoms with Gasteiger partial charge in [-0.15, -0.1) is 10.2 Å². The lowest BCUT2D eigenvalue weighted by molar-refractivity contribution is -0.117. The van der Waals surface area contributed by atoms with Crippen molar-refractivity contribution in [3.05, 3.63) is 77.4 Å². The summed E-state index contributed by atoms with van der Waals surface area (Å²) in [6.45, 7) is 7.69. The van der Waals surface area contributed by atoms with Gasteiger partial charge in [0.15, 0.2) is 0 Å². The number of hydrogen-bond acceptors (Lipinski definition) is 5. The maximum Gasteiger partial charge on any atom is 0.234 e. The summed E-state index contributed by atoms with van der Waals surface area (Å²) in [6, 6.07) is 17.6. The van der Waals surface area contributed by atoms with Crippen molar-refractivity contribution in [3.8, 4) is 0 Å². The Morgan fingerprint density at radius 1 is 1.03 bits per heavy atom. The third kappa shape index (κ3) is 6.23. The number of nitrogens with one attached hydrogen (secondary N) is 3. The summed E-state index contributed by atoms with van der Waals surface area (Å²) in [5.74, 6) is 0.691. The van der Waals surface area contributed by atoms with Gasteiger partial charge in [-0.05, 0) is 57.4 Å². The number of benzene rings is 2. The van der Waals surface area contributed by atoms with E-state index in [4.69, 9.17) is 0 Å². The van der Waals surface area contributed by atoms with Gasteiger partial charge in [-0.1, -0.05) is 42.5 Å². The largest absolute Gasteiger partial charge is 0.387 e. The van der Waals surface area contributed by atoms with Crippen molar-refractivity contribution in [3.63, 3.8) is 0 Å². The summed E-state index contributed by atoms with van der Waals surface area (Å²) >= 11 is 0. The van der Waals surface area contributed by atoms with Crippen molar-refractivity contribution in [2.45, 2.75) is 58.2 Å². The molecule has 2 aromatic carbocycles. The summed E-state index contributed by atoms with van der Waals surface area (Å²) in [5.41, 5.74) is 2.80. The number of rotatable bonds is 9. The Kier molecular flexibility index (Phi) is 7.55. The predicted molar refractivity (Wildman–Crippen MR) is 122 cm³/mol. The van der Waals surface area contributed by atoms with E-state index in [1.54, 1.807) is 13.8 Å². The summed E-state index contributed by atoms with van der Waals surface area (Å²) in [6.07, 6.45) is 0.254. The van der Waals surface area contributed by atoms with Crippen molar-refractivity contribution < 1.29 is 9.90 Å². The highest BCUT2D eigenvalue weighted by atomic mass is 16.3. The third-order valence-electron chi connectivity index (χ3n) is 5.35. The number of aliphatic hydroxyl groups is 1. The Balaban J connectivity index is 1.51. The number of aryl methyl sites for hydroxylation is 1.